The highest BCUT2D eigenvalue weighted by molar-refractivity contribution is 6.05. The van der Waals surface area contributed by atoms with Crippen molar-refractivity contribution in [2.24, 2.45) is 5.92 Å². The predicted octanol–water partition coefficient (Wildman–Crippen LogP) is 4.76. The number of carbonyl (C=O) groups excluding carboxylic acids is 2. The number of hydrogen-bond acceptors (Lipinski definition) is 4. The van der Waals surface area contributed by atoms with E-state index in [9.17, 15) is 9.59 Å². The van der Waals surface area contributed by atoms with Gasteiger partial charge in [-0.2, -0.15) is 0 Å². The second-order valence-corrected chi connectivity index (χ2v) is 10.4. The molecule has 7 heteroatoms. The van der Waals surface area contributed by atoms with Crippen LogP contribution in [0.4, 0.5) is 0 Å². The van der Waals surface area contributed by atoms with Crippen LogP contribution in [0, 0.1) is 5.92 Å². The van der Waals surface area contributed by atoms with Gasteiger partial charge in [-0.3, -0.25) is 9.59 Å². The largest absolute Gasteiger partial charge is 0.496 e. The normalized spacial score (nSPS) is 21.5. The molecule has 7 nitrogen and oxygen atoms in total. The van der Waals surface area contributed by atoms with Crippen LogP contribution >= 0.6 is 0 Å². The fraction of sp³-hybridized carbons (Fsp3) is 0.630. The summed E-state index contributed by atoms with van der Waals surface area (Å²) in [5.41, 5.74) is 0.370. The number of aromatic nitrogens is 1. The fourth-order valence-corrected chi connectivity index (χ4v) is 5.46. The molecule has 34 heavy (non-hydrogen) atoms. The third-order valence-corrected chi connectivity index (χ3v) is 7.56. The third kappa shape index (κ3) is 4.37. The lowest BCUT2D eigenvalue weighted by atomic mass is 9.92. The number of ether oxygens (including phenoxy) is 2. The van der Waals surface area contributed by atoms with Crippen molar-refractivity contribution >= 4 is 22.7 Å². The van der Waals surface area contributed by atoms with Crippen LogP contribution in [-0.4, -0.2) is 53.6 Å². The van der Waals surface area contributed by atoms with Gasteiger partial charge in [-0.25, -0.2) is 0 Å². The van der Waals surface area contributed by atoms with Crippen molar-refractivity contribution in [3.05, 3.63) is 23.9 Å². The monoisotopic (exact) mass is 469 g/mol. The lowest BCUT2D eigenvalue weighted by molar-refractivity contribution is -0.133. The zero-order valence-corrected chi connectivity index (χ0v) is 21.3. The number of amides is 2. The van der Waals surface area contributed by atoms with Crippen LogP contribution in [0.2, 0.25) is 0 Å². The number of nitrogens with one attached hydrogen (secondary N) is 1. The zero-order chi connectivity index (χ0) is 24.5. The maximum Gasteiger partial charge on any atom is 0.271 e. The van der Waals surface area contributed by atoms with Crippen molar-refractivity contribution in [2.75, 3.05) is 20.8 Å². The highest BCUT2D eigenvalue weighted by Crippen LogP contribution is 2.40. The van der Waals surface area contributed by atoms with E-state index in [2.05, 4.69) is 19.2 Å². The molecule has 1 atom stereocenters. The molecular weight excluding hydrogens is 430 g/mol. The topological polar surface area (TPSA) is 72.8 Å². The summed E-state index contributed by atoms with van der Waals surface area (Å²) in [5, 5.41) is 4.15. The van der Waals surface area contributed by atoms with Gasteiger partial charge in [-0.1, -0.05) is 39.5 Å². The van der Waals surface area contributed by atoms with Crippen LogP contribution in [0.5, 0.6) is 11.5 Å². The minimum absolute atomic E-state index is 0.0640. The Morgan fingerprint density at radius 1 is 1.12 bits per heavy atom. The van der Waals surface area contributed by atoms with Crippen LogP contribution in [0.1, 0.15) is 76.2 Å². The molecule has 1 fully saturated rings. The van der Waals surface area contributed by atoms with Crippen molar-refractivity contribution in [2.45, 2.75) is 83.8 Å². The lowest BCUT2D eigenvalue weighted by Crippen LogP contribution is -2.65. The molecule has 1 aromatic heterocycles. The molecule has 0 unspecified atom stereocenters. The predicted molar refractivity (Wildman–Crippen MR) is 134 cm³/mol. The average molecular weight is 470 g/mol. The molecule has 1 saturated carbocycles. The summed E-state index contributed by atoms with van der Waals surface area (Å²) in [6.45, 7) is 7.12. The molecule has 186 valence electrons. The number of benzene rings is 1. The van der Waals surface area contributed by atoms with Crippen LogP contribution in [0.3, 0.4) is 0 Å². The van der Waals surface area contributed by atoms with Gasteiger partial charge in [0.25, 0.3) is 5.91 Å². The van der Waals surface area contributed by atoms with E-state index in [0.29, 0.717) is 36.2 Å². The van der Waals surface area contributed by atoms with Gasteiger partial charge in [0.05, 0.1) is 26.3 Å². The number of carbonyl (C=O) groups is 2. The molecule has 2 amide bonds. The molecule has 1 N–H and O–H groups in total. The summed E-state index contributed by atoms with van der Waals surface area (Å²) >= 11 is 0. The zero-order valence-electron chi connectivity index (χ0n) is 21.3. The first-order chi connectivity index (χ1) is 16.3. The van der Waals surface area contributed by atoms with Gasteiger partial charge in [-0.05, 0) is 50.3 Å². The Kier molecular flexibility index (Phi) is 7.10. The number of methoxy groups -OCH3 is 2. The number of rotatable bonds is 7. The van der Waals surface area contributed by atoms with Crippen molar-refractivity contribution < 1.29 is 19.1 Å². The smallest absolute Gasteiger partial charge is 0.271 e. The van der Waals surface area contributed by atoms with E-state index in [-0.39, 0.29) is 17.9 Å². The number of hydrogen-bond donors (Lipinski definition) is 1. The Morgan fingerprint density at radius 3 is 2.38 bits per heavy atom. The van der Waals surface area contributed by atoms with E-state index in [1.807, 2.05) is 29.7 Å². The summed E-state index contributed by atoms with van der Waals surface area (Å²) in [6.07, 6.45) is 7.58. The molecule has 4 rings (SSSR count). The fourth-order valence-electron chi connectivity index (χ4n) is 5.46. The maximum atomic E-state index is 13.9. The van der Waals surface area contributed by atoms with Crippen molar-refractivity contribution in [1.29, 1.82) is 0 Å². The van der Waals surface area contributed by atoms with Crippen molar-refractivity contribution in [1.82, 2.24) is 14.8 Å². The molecule has 2 aliphatic rings. The summed E-state index contributed by atoms with van der Waals surface area (Å²) in [5.74, 6) is 1.59. The van der Waals surface area contributed by atoms with E-state index in [0.717, 1.165) is 43.0 Å². The van der Waals surface area contributed by atoms with Crippen molar-refractivity contribution in [3.63, 3.8) is 0 Å². The Morgan fingerprint density at radius 2 is 1.76 bits per heavy atom. The van der Waals surface area contributed by atoms with Crippen LogP contribution < -0.4 is 14.8 Å². The van der Waals surface area contributed by atoms with Gasteiger partial charge in [0, 0.05) is 18.0 Å². The third-order valence-electron chi connectivity index (χ3n) is 7.56. The summed E-state index contributed by atoms with van der Waals surface area (Å²) in [4.78, 5) is 29.6. The van der Waals surface area contributed by atoms with Crippen LogP contribution in [0.15, 0.2) is 18.2 Å². The molecule has 0 bridgehead atoms. The van der Waals surface area contributed by atoms with Gasteiger partial charge >= 0.3 is 0 Å². The molecule has 1 aliphatic heterocycles. The molecule has 1 aromatic carbocycles. The second kappa shape index (κ2) is 9.88. The molecule has 0 saturated heterocycles. The molecule has 2 aromatic rings. The van der Waals surface area contributed by atoms with E-state index >= 15 is 0 Å². The van der Waals surface area contributed by atoms with E-state index in [1.54, 1.807) is 19.1 Å². The number of nitrogens with zero attached hydrogens (tertiary/aromatic N) is 2. The molecule has 0 spiro atoms. The summed E-state index contributed by atoms with van der Waals surface area (Å²) in [7, 11) is 3.25. The Bertz CT molecular complexity index is 1050. The first-order valence-corrected chi connectivity index (χ1v) is 12.7. The van der Waals surface area contributed by atoms with Crippen molar-refractivity contribution in [3.8, 4) is 11.5 Å². The highest BCUT2D eigenvalue weighted by Gasteiger charge is 2.48. The molecular formula is C27H39N3O4. The van der Waals surface area contributed by atoms with Gasteiger partial charge < -0.3 is 24.3 Å². The standard InChI is InChI=1S/C27H39N3O4/c1-18(2)14-15-30-25(31)21-16-20-22(33-4)12-13-23(34-5)24(20)29(21)17-27(30,3)26(32)28-19-10-8-6-7-9-11-19/h12-13,16,18-19H,6-11,14-15,17H2,1-5H3,(H,28,32)/t27-/m0/s1. The SMILES string of the molecule is COc1ccc(OC)c2c1cc1n2C[C@@](C)(C(=O)NC2CCCCCC2)N(CCC(C)C)C1=O. The van der Waals surface area contributed by atoms with E-state index < -0.39 is 5.54 Å². The average Bonchev–Trinajstić information content (AvgIpc) is 3.00. The molecule has 1 aliphatic carbocycles. The van der Waals surface area contributed by atoms with E-state index in [4.69, 9.17) is 9.47 Å². The van der Waals surface area contributed by atoms with Crippen LogP contribution in [0.25, 0.3) is 10.9 Å². The van der Waals surface area contributed by atoms with Gasteiger partial charge in [0.15, 0.2) is 0 Å². The minimum atomic E-state index is -0.995. The quantitative estimate of drug-likeness (QED) is 0.594. The summed E-state index contributed by atoms with van der Waals surface area (Å²) in [6, 6.07) is 5.76. The van der Waals surface area contributed by atoms with Gasteiger partial charge in [0.1, 0.15) is 22.7 Å². The highest BCUT2D eigenvalue weighted by atomic mass is 16.5. The Hall–Kier alpha value is -2.70. The van der Waals surface area contributed by atoms with Gasteiger partial charge in [0.2, 0.25) is 5.91 Å². The number of fused-ring (bicyclic) bond motifs is 3. The molecule has 0 radical (unpaired) electrons. The first-order valence-electron chi connectivity index (χ1n) is 12.7. The lowest BCUT2D eigenvalue weighted by Gasteiger charge is -2.45. The maximum absolute atomic E-state index is 13.9. The van der Waals surface area contributed by atoms with E-state index in [1.165, 1.54) is 12.8 Å². The van der Waals surface area contributed by atoms with Crippen LogP contribution in [-0.2, 0) is 11.3 Å². The summed E-state index contributed by atoms with van der Waals surface area (Å²) < 4.78 is 13.2. The minimum Gasteiger partial charge on any atom is -0.496 e. The second-order valence-electron chi connectivity index (χ2n) is 10.4. The van der Waals surface area contributed by atoms with Gasteiger partial charge in [-0.15, -0.1) is 0 Å². The first kappa shape index (κ1) is 24.4. The molecule has 2 heterocycles. The Labute approximate surface area is 202 Å². The Balaban J connectivity index is 1.78.